The standard InChI is InChI=1S/C15H24BrN3/c1-12-2-3-15(14(16)10-12)18-11-13-4-7-19(8-5-13)9-6-17/h2-3,10,13,18H,4-9,11,17H2,1H3. The van der Waals surface area contributed by atoms with Crippen LogP contribution in [0.4, 0.5) is 5.69 Å². The molecule has 1 aliphatic rings. The third-order valence-corrected chi connectivity index (χ3v) is 4.51. The second-order valence-electron chi connectivity index (χ2n) is 5.44. The number of halogens is 1. The third kappa shape index (κ3) is 4.48. The van der Waals surface area contributed by atoms with Crippen molar-refractivity contribution in [1.29, 1.82) is 0 Å². The van der Waals surface area contributed by atoms with Gasteiger partial charge in [0.15, 0.2) is 0 Å². The number of rotatable bonds is 5. The van der Waals surface area contributed by atoms with Crippen LogP contribution in [0.25, 0.3) is 0 Å². The first-order valence-electron chi connectivity index (χ1n) is 7.11. The zero-order valence-electron chi connectivity index (χ0n) is 11.7. The molecular formula is C15H24BrN3. The van der Waals surface area contributed by atoms with Crippen molar-refractivity contribution in [3.05, 3.63) is 28.2 Å². The van der Waals surface area contributed by atoms with Crippen molar-refractivity contribution in [3.63, 3.8) is 0 Å². The van der Waals surface area contributed by atoms with Gasteiger partial charge in [0.25, 0.3) is 0 Å². The third-order valence-electron chi connectivity index (χ3n) is 3.86. The fourth-order valence-electron chi connectivity index (χ4n) is 2.61. The van der Waals surface area contributed by atoms with E-state index >= 15 is 0 Å². The summed E-state index contributed by atoms with van der Waals surface area (Å²) in [5, 5.41) is 3.57. The molecule has 0 saturated carbocycles. The monoisotopic (exact) mass is 325 g/mol. The van der Waals surface area contributed by atoms with Crippen LogP contribution >= 0.6 is 15.9 Å². The lowest BCUT2D eigenvalue weighted by molar-refractivity contribution is 0.194. The first-order valence-corrected chi connectivity index (χ1v) is 7.91. The number of benzene rings is 1. The summed E-state index contributed by atoms with van der Waals surface area (Å²) in [6.07, 6.45) is 2.55. The molecule has 1 aliphatic heterocycles. The van der Waals surface area contributed by atoms with Crippen LogP contribution < -0.4 is 11.1 Å². The Hall–Kier alpha value is -0.580. The van der Waals surface area contributed by atoms with Gasteiger partial charge >= 0.3 is 0 Å². The van der Waals surface area contributed by atoms with E-state index in [0.29, 0.717) is 0 Å². The Morgan fingerprint density at radius 3 is 2.74 bits per heavy atom. The van der Waals surface area contributed by atoms with Gasteiger partial charge in [0.2, 0.25) is 0 Å². The molecule has 0 amide bonds. The quantitative estimate of drug-likeness (QED) is 0.874. The topological polar surface area (TPSA) is 41.3 Å². The van der Waals surface area contributed by atoms with Gasteiger partial charge in [0, 0.05) is 29.8 Å². The first kappa shape index (κ1) is 14.8. The number of nitrogens with two attached hydrogens (primary N) is 1. The average Bonchev–Trinajstić information content (AvgIpc) is 2.40. The summed E-state index contributed by atoms with van der Waals surface area (Å²) in [5.41, 5.74) is 8.09. The minimum atomic E-state index is 0.777. The van der Waals surface area contributed by atoms with Crippen LogP contribution in [-0.4, -0.2) is 37.6 Å². The van der Waals surface area contributed by atoms with Gasteiger partial charge in [-0.05, 0) is 72.4 Å². The molecule has 1 heterocycles. The molecule has 1 saturated heterocycles. The van der Waals surface area contributed by atoms with E-state index < -0.39 is 0 Å². The molecule has 1 aromatic carbocycles. The van der Waals surface area contributed by atoms with E-state index in [-0.39, 0.29) is 0 Å². The maximum Gasteiger partial charge on any atom is 0.0484 e. The number of nitrogens with one attached hydrogen (secondary N) is 1. The summed E-state index contributed by atoms with van der Waals surface area (Å²) >= 11 is 3.62. The summed E-state index contributed by atoms with van der Waals surface area (Å²) in [7, 11) is 0. The molecule has 0 atom stereocenters. The highest BCUT2D eigenvalue weighted by Gasteiger charge is 2.18. The van der Waals surface area contributed by atoms with E-state index in [0.717, 1.165) is 30.0 Å². The van der Waals surface area contributed by atoms with E-state index in [1.807, 2.05) is 0 Å². The highest BCUT2D eigenvalue weighted by atomic mass is 79.9. The number of anilines is 1. The Balaban J connectivity index is 1.77. The molecule has 1 fully saturated rings. The number of likely N-dealkylation sites (tertiary alicyclic amines) is 1. The number of aryl methyl sites for hydroxylation is 1. The summed E-state index contributed by atoms with van der Waals surface area (Å²) in [6.45, 7) is 7.39. The summed E-state index contributed by atoms with van der Waals surface area (Å²) in [4.78, 5) is 2.47. The Kier molecular flexibility index (Phi) is 5.67. The van der Waals surface area contributed by atoms with Crippen molar-refractivity contribution in [2.45, 2.75) is 19.8 Å². The Morgan fingerprint density at radius 2 is 2.11 bits per heavy atom. The number of nitrogens with zero attached hydrogens (tertiary/aromatic N) is 1. The van der Waals surface area contributed by atoms with E-state index in [2.05, 4.69) is 51.3 Å². The van der Waals surface area contributed by atoms with Gasteiger partial charge in [-0.2, -0.15) is 0 Å². The van der Waals surface area contributed by atoms with Crippen molar-refractivity contribution < 1.29 is 0 Å². The van der Waals surface area contributed by atoms with Gasteiger partial charge in [0.05, 0.1) is 0 Å². The maximum atomic E-state index is 5.60. The molecule has 3 nitrogen and oxygen atoms in total. The summed E-state index contributed by atoms with van der Waals surface area (Å²) in [5.74, 6) is 0.780. The van der Waals surface area contributed by atoms with Gasteiger partial charge in [-0.1, -0.05) is 6.07 Å². The minimum absolute atomic E-state index is 0.777. The molecule has 4 heteroatoms. The number of piperidine rings is 1. The van der Waals surface area contributed by atoms with Gasteiger partial charge in [0.1, 0.15) is 0 Å². The maximum absolute atomic E-state index is 5.60. The summed E-state index contributed by atoms with van der Waals surface area (Å²) in [6, 6.07) is 6.46. The van der Waals surface area contributed by atoms with Crippen LogP contribution in [-0.2, 0) is 0 Å². The fourth-order valence-corrected chi connectivity index (χ4v) is 3.25. The predicted molar refractivity (Wildman–Crippen MR) is 85.6 cm³/mol. The lowest BCUT2D eigenvalue weighted by atomic mass is 9.96. The Bertz CT molecular complexity index is 400. The van der Waals surface area contributed by atoms with Crippen LogP contribution in [0.5, 0.6) is 0 Å². The van der Waals surface area contributed by atoms with Crippen LogP contribution in [0.3, 0.4) is 0 Å². The largest absolute Gasteiger partial charge is 0.384 e. The fraction of sp³-hybridized carbons (Fsp3) is 0.600. The smallest absolute Gasteiger partial charge is 0.0484 e. The van der Waals surface area contributed by atoms with Crippen LogP contribution in [0.1, 0.15) is 18.4 Å². The molecule has 2 rings (SSSR count). The van der Waals surface area contributed by atoms with Crippen molar-refractivity contribution >= 4 is 21.6 Å². The zero-order valence-corrected chi connectivity index (χ0v) is 13.2. The van der Waals surface area contributed by atoms with Crippen LogP contribution in [0.2, 0.25) is 0 Å². The number of hydrogen-bond acceptors (Lipinski definition) is 3. The molecule has 0 unspecified atom stereocenters. The van der Waals surface area contributed by atoms with Crippen molar-refractivity contribution in [1.82, 2.24) is 4.90 Å². The highest BCUT2D eigenvalue weighted by molar-refractivity contribution is 9.10. The van der Waals surface area contributed by atoms with E-state index in [1.54, 1.807) is 0 Å². The molecule has 0 radical (unpaired) electrons. The highest BCUT2D eigenvalue weighted by Crippen LogP contribution is 2.25. The molecule has 19 heavy (non-hydrogen) atoms. The van der Waals surface area contributed by atoms with E-state index in [1.165, 1.54) is 37.2 Å². The number of hydrogen-bond donors (Lipinski definition) is 2. The summed E-state index contributed by atoms with van der Waals surface area (Å²) < 4.78 is 1.16. The van der Waals surface area contributed by atoms with Gasteiger partial charge in [-0.15, -0.1) is 0 Å². The first-order chi connectivity index (χ1) is 9.19. The van der Waals surface area contributed by atoms with Crippen molar-refractivity contribution in [3.8, 4) is 0 Å². The van der Waals surface area contributed by atoms with Gasteiger partial charge < -0.3 is 16.0 Å². The van der Waals surface area contributed by atoms with Crippen LogP contribution in [0.15, 0.2) is 22.7 Å². The van der Waals surface area contributed by atoms with Crippen molar-refractivity contribution in [2.24, 2.45) is 11.7 Å². The molecule has 0 bridgehead atoms. The zero-order chi connectivity index (χ0) is 13.7. The lowest BCUT2D eigenvalue weighted by Gasteiger charge is -2.31. The molecular weight excluding hydrogens is 302 g/mol. The second-order valence-corrected chi connectivity index (χ2v) is 6.29. The molecule has 0 aliphatic carbocycles. The molecule has 0 spiro atoms. The van der Waals surface area contributed by atoms with Gasteiger partial charge in [-0.3, -0.25) is 0 Å². The normalized spacial score (nSPS) is 17.6. The van der Waals surface area contributed by atoms with E-state index in [4.69, 9.17) is 5.73 Å². The lowest BCUT2D eigenvalue weighted by Crippen LogP contribution is -2.38. The minimum Gasteiger partial charge on any atom is -0.384 e. The molecule has 0 aromatic heterocycles. The van der Waals surface area contributed by atoms with Crippen LogP contribution in [0, 0.1) is 12.8 Å². The van der Waals surface area contributed by atoms with Crippen molar-refractivity contribution in [2.75, 3.05) is 38.0 Å². The Labute approximate surface area is 124 Å². The van der Waals surface area contributed by atoms with E-state index in [9.17, 15) is 0 Å². The Morgan fingerprint density at radius 1 is 1.37 bits per heavy atom. The molecule has 1 aromatic rings. The van der Waals surface area contributed by atoms with Gasteiger partial charge in [-0.25, -0.2) is 0 Å². The SMILES string of the molecule is Cc1ccc(NCC2CCN(CCN)CC2)c(Br)c1. The second kappa shape index (κ2) is 7.27. The molecule has 3 N–H and O–H groups in total. The molecule has 106 valence electrons. The predicted octanol–water partition coefficient (Wildman–Crippen LogP) is 2.84. The average molecular weight is 326 g/mol.